The number of amides is 1. The van der Waals surface area contributed by atoms with Crippen LogP contribution in [-0.4, -0.2) is 34.6 Å². The number of aryl methyl sites for hydroxylation is 1. The Morgan fingerprint density at radius 2 is 2.27 bits per heavy atom. The average Bonchev–Trinajstić information content (AvgIpc) is 2.49. The van der Waals surface area contributed by atoms with Gasteiger partial charge in [0.15, 0.2) is 0 Å². The quantitative estimate of drug-likeness (QED) is 0.581. The van der Waals surface area contributed by atoms with Crippen LogP contribution >= 0.6 is 0 Å². The molecule has 1 aromatic heterocycles. The molecule has 0 saturated carbocycles. The van der Waals surface area contributed by atoms with Crippen molar-refractivity contribution >= 4 is 16.0 Å². The third kappa shape index (κ3) is 3.68. The van der Waals surface area contributed by atoms with E-state index < -0.39 is 16.0 Å². The molecule has 0 fully saturated rings. The van der Waals surface area contributed by atoms with Gasteiger partial charge in [0.25, 0.3) is 16.0 Å². The van der Waals surface area contributed by atoms with Crippen LogP contribution in [-0.2, 0) is 16.5 Å². The zero-order valence-corrected chi connectivity index (χ0v) is 8.62. The molecule has 8 heteroatoms. The summed E-state index contributed by atoms with van der Waals surface area (Å²) in [6.45, 7) is 0. The third-order valence-electron chi connectivity index (χ3n) is 1.78. The van der Waals surface area contributed by atoms with Crippen LogP contribution in [0.4, 0.5) is 0 Å². The molecule has 7 nitrogen and oxygen atoms in total. The van der Waals surface area contributed by atoms with Crippen LogP contribution in [0.3, 0.4) is 0 Å². The van der Waals surface area contributed by atoms with Gasteiger partial charge in [-0.15, -0.1) is 0 Å². The largest absolute Gasteiger partial charge is 0.364 e. The maximum absolute atomic E-state index is 10.8. The van der Waals surface area contributed by atoms with Crippen molar-refractivity contribution in [3.8, 4) is 0 Å². The van der Waals surface area contributed by atoms with Gasteiger partial charge in [-0.05, 0) is 12.8 Å². The van der Waals surface area contributed by atoms with E-state index in [0.29, 0.717) is 5.69 Å². The topological polar surface area (TPSA) is 126 Å². The highest BCUT2D eigenvalue weighted by atomic mass is 32.2. The zero-order valence-electron chi connectivity index (χ0n) is 7.80. The Morgan fingerprint density at radius 3 is 2.80 bits per heavy atom. The van der Waals surface area contributed by atoms with Gasteiger partial charge in [0.05, 0.1) is 12.1 Å². The fraction of sp³-hybridized carbons (Fsp3) is 0.429. The fourth-order valence-corrected chi connectivity index (χ4v) is 1.66. The van der Waals surface area contributed by atoms with Crippen molar-refractivity contribution in [2.75, 3.05) is 5.75 Å². The van der Waals surface area contributed by atoms with E-state index in [1.54, 1.807) is 0 Å². The van der Waals surface area contributed by atoms with E-state index in [1.165, 1.54) is 6.33 Å². The number of carbonyl (C=O) groups excluding carboxylic acids is 1. The van der Waals surface area contributed by atoms with Crippen LogP contribution in [0, 0.1) is 0 Å². The molecule has 1 rings (SSSR count). The summed E-state index contributed by atoms with van der Waals surface area (Å²) in [5, 5.41) is 0. The number of aromatic nitrogens is 2. The molecule has 0 bridgehead atoms. The number of nitrogens with zero attached hydrogens (tertiary/aromatic N) is 1. The van der Waals surface area contributed by atoms with E-state index in [1.807, 2.05) is 0 Å². The van der Waals surface area contributed by atoms with Gasteiger partial charge in [0, 0.05) is 5.69 Å². The van der Waals surface area contributed by atoms with Gasteiger partial charge >= 0.3 is 0 Å². The van der Waals surface area contributed by atoms with Crippen LogP contribution in [0.15, 0.2) is 6.33 Å². The average molecular weight is 233 g/mol. The number of nitrogens with one attached hydrogen (secondary N) is 1. The van der Waals surface area contributed by atoms with E-state index in [4.69, 9.17) is 10.3 Å². The summed E-state index contributed by atoms with van der Waals surface area (Å²) in [4.78, 5) is 17.2. The van der Waals surface area contributed by atoms with Crippen LogP contribution in [0.5, 0.6) is 0 Å². The van der Waals surface area contributed by atoms with Crippen LogP contribution in [0.1, 0.15) is 22.6 Å². The highest BCUT2D eigenvalue weighted by Gasteiger charge is 2.12. The van der Waals surface area contributed by atoms with Gasteiger partial charge in [-0.25, -0.2) is 4.98 Å². The van der Waals surface area contributed by atoms with Gasteiger partial charge in [0.2, 0.25) is 0 Å². The Morgan fingerprint density at radius 1 is 1.60 bits per heavy atom. The number of primary amides is 1. The summed E-state index contributed by atoms with van der Waals surface area (Å²) in [6, 6.07) is 0. The first-order valence-corrected chi connectivity index (χ1v) is 5.78. The normalized spacial score (nSPS) is 11.5. The second kappa shape index (κ2) is 4.41. The first-order valence-electron chi connectivity index (χ1n) is 4.17. The van der Waals surface area contributed by atoms with E-state index >= 15 is 0 Å². The highest BCUT2D eigenvalue weighted by Crippen LogP contribution is 2.05. The molecule has 1 heterocycles. The number of rotatable bonds is 5. The summed E-state index contributed by atoms with van der Waals surface area (Å²) in [5.74, 6) is -1.03. The predicted molar refractivity (Wildman–Crippen MR) is 51.8 cm³/mol. The lowest BCUT2D eigenvalue weighted by Gasteiger charge is -1.98. The lowest BCUT2D eigenvalue weighted by atomic mass is 10.2. The monoisotopic (exact) mass is 233 g/mol. The molecule has 0 aliphatic rings. The van der Waals surface area contributed by atoms with Gasteiger partial charge in [-0.2, -0.15) is 8.42 Å². The molecule has 4 N–H and O–H groups in total. The molecule has 0 aliphatic heterocycles. The van der Waals surface area contributed by atoms with Crippen molar-refractivity contribution < 1.29 is 17.8 Å². The van der Waals surface area contributed by atoms with Crippen LogP contribution < -0.4 is 5.73 Å². The van der Waals surface area contributed by atoms with Crippen molar-refractivity contribution in [1.82, 2.24) is 9.97 Å². The van der Waals surface area contributed by atoms with Crippen LogP contribution in [0.2, 0.25) is 0 Å². The fourth-order valence-electron chi connectivity index (χ4n) is 1.16. The second-order valence-electron chi connectivity index (χ2n) is 2.98. The molecule has 0 spiro atoms. The molecule has 0 aromatic carbocycles. The molecule has 0 unspecified atom stereocenters. The van der Waals surface area contributed by atoms with Crippen molar-refractivity contribution in [3.63, 3.8) is 0 Å². The Bertz CT molecular complexity index is 451. The summed E-state index contributed by atoms with van der Waals surface area (Å²) >= 11 is 0. The van der Waals surface area contributed by atoms with Gasteiger partial charge in [-0.3, -0.25) is 9.35 Å². The molecule has 0 aliphatic carbocycles. The highest BCUT2D eigenvalue weighted by molar-refractivity contribution is 7.85. The molecule has 1 amide bonds. The first-order chi connectivity index (χ1) is 6.90. The number of hydrogen-bond acceptors (Lipinski definition) is 4. The predicted octanol–water partition coefficient (Wildman–Crippen LogP) is -0.671. The van der Waals surface area contributed by atoms with Gasteiger partial charge in [-0.1, -0.05) is 0 Å². The molecule has 0 saturated heterocycles. The minimum atomic E-state index is -3.96. The molecule has 0 radical (unpaired) electrons. The number of hydrogen-bond donors (Lipinski definition) is 3. The first kappa shape index (κ1) is 11.7. The summed E-state index contributed by atoms with van der Waals surface area (Å²) in [5.41, 5.74) is 5.61. The maximum Gasteiger partial charge on any atom is 0.269 e. The van der Waals surface area contributed by atoms with Crippen molar-refractivity contribution in [2.24, 2.45) is 5.73 Å². The summed E-state index contributed by atoms with van der Waals surface area (Å²) < 4.78 is 29.3. The molecule has 84 valence electrons. The number of imidazole rings is 1. The zero-order chi connectivity index (χ0) is 11.5. The lowest BCUT2D eigenvalue weighted by Crippen LogP contribution is -2.14. The molecular formula is C7H11N3O4S. The van der Waals surface area contributed by atoms with E-state index in [9.17, 15) is 13.2 Å². The lowest BCUT2D eigenvalue weighted by molar-refractivity contribution is 0.0995. The second-order valence-corrected chi connectivity index (χ2v) is 4.56. The van der Waals surface area contributed by atoms with E-state index in [0.717, 1.165) is 0 Å². The van der Waals surface area contributed by atoms with Crippen molar-refractivity contribution in [2.45, 2.75) is 12.8 Å². The van der Waals surface area contributed by atoms with Crippen molar-refractivity contribution in [1.29, 1.82) is 0 Å². The Labute approximate surface area is 86.5 Å². The van der Waals surface area contributed by atoms with Gasteiger partial charge < -0.3 is 10.7 Å². The van der Waals surface area contributed by atoms with Gasteiger partial charge in [0.1, 0.15) is 5.69 Å². The molecule has 0 atom stereocenters. The van der Waals surface area contributed by atoms with E-state index in [-0.39, 0.29) is 24.3 Å². The number of nitrogens with two attached hydrogens (primary N) is 1. The smallest absolute Gasteiger partial charge is 0.269 e. The molecule has 15 heavy (non-hydrogen) atoms. The summed E-state index contributed by atoms with van der Waals surface area (Å²) in [6.07, 6.45) is 1.79. The Hall–Kier alpha value is -1.41. The number of H-pyrrole nitrogens is 1. The van der Waals surface area contributed by atoms with E-state index in [2.05, 4.69) is 9.97 Å². The van der Waals surface area contributed by atoms with Crippen LogP contribution in [0.25, 0.3) is 0 Å². The number of carbonyl (C=O) groups is 1. The minimum Gasteiger partial charge on any atom is -0.364 e. The SMILES string of the molecule is NC(=O)c1nc[nH]c1CCCS(=O)(=O)O. The Balaban J connectivity index is 2.58. The third-order valence-corrected chi connectivity index (χ3v) is 2.59. The molecule has 1 aromatic rings. The molecular weight excluding hydrogens is 222 g/mol. The minimum absolute atomic E-state index is 0.102. The maximum atomic E-state index is 10.8. The summed E-state index contributed by atoms with van der Waals surface area (Å²) in [7, 11) is -3.96. The number of aromatic amines is 1. The standard InChI is InChI=1S/C7H11N3O4S/c8-7(11)6-5(9-4-10-6)2-1-3-15(12,13)14/h4H,1-3H2,(H2,8,11)(H,9,10)(H,12,13,14). The van der Waals surface area contributed by atoms with Crippen molar-refractivity contribution in [3.05, 3.63) is 17.7 Å². The Kier molecular flexibility index (Phi) is 3.43.